The Morgan fingerprint density at radius 2 is 0.846 bits per heavy atom. The number of rotatable bonds is 16. The lowest BCUT2D eigenvalue weighted by atomic mass is 9.98. The van der Waals surface area contributed by atoms with Gasteiger partial charge in [-0.3, -0.25) is 4.79 Å². The Labute approximate surface area is 164 Å². The van der Waals surface area contributed by atoms with Crippen LogP contribution < -0.4 is 0 Å². The summed E-state index contributed by atoms with van der Waals surface area (Å²) in [6.45, 7) is 7.64. The lowest BCUT2D eigenvalue weighted by Gasteiger charge is -2.08. The first-order valence-electron chi connectivity index (χ1n) is 11.2. The summed E-state index contributed by atoms with van der Waals surface area (Å²) in [6, 6.07) is 0. The predicted octanol–water partition coefficient (Wildman–Crippen LogP) is 7.36. The molecule has 0 heterocycles. The molecular weight excluding hydrogens is 324 g/mol. The van der Waals surface area contributed by atoms with Crippen LogP contribution in [0.1, 0.15) is 130 Å². The van der Waals surface area contributed by atoms with Crippen molar-refractivity contribution in [1.29, 1.82) is 0 Å². The molecule has 26 heavy (non-hydrogen) atoms. The van der Waals surface area contributed by atoms with Crippen LogP contribution in [0.5, 0.6) is 0 Å². The van der Waals surface area contributed by atoms with Crippen molar-refractivity contribution in [3.05, 3.63) is 0 Å². The average Bonchev–Trinajstić information content (AvgIpc) is 2.58. The fourth-order valence-electron chi connectivity index (χ4n) is 2.66. The van der Waals surface area contributed by atoms with Crippen molar-refractivity contribution in [2.24, 2.45) is 5.41 Å². The van der Waals surface area contributed by atoms with Crippen molar-refractivity contribution < 1.29 is 15.0 Å². The minimum Gasteiger partial charge on any atom is -0.481 e. The Morgan fingerprint density at radius 3 is 1.04 bits per heavy atom. The van der Waals surface area contributed by atoms with Gasteiger partial charge in [-0.2, -0.15) is 0 Å². The first-order valence-corrected chi connectivity index (χ1v) is 11.2. The minimum absolute atomic E-state index is 0.373. The van der Waals surface area contributed by atoms with Gasteiger partial charge in [-0.05, 0) is 27.2 Å². The highest BCUT2D eigenvalue weighted by molar-refractivity contribution is 5.72. The van der Waals surface area contributed by atoms with E-state index in [2.05, 4.69) is 6.92 Å². The van der Waals surface area contributed by atoms with Crippen molar-refractivity contribution in [3.8, 4) is 0 Å². The molecule has 3 nitrogen and oxygen atoms in total. The summed E-state index contributed by atoms with van der Waals surface area (Å²) in [7, 11) is 0. The lowest BCUT2D eigenvalue weighted by molar-refractivity contribution is -0.145. The molecule has 0 spiro atoms. The van der Waals surface area contributed by atoms with Gasteiger partial charge in [-0.25, -0.2) is 0 Å². The summed E-state index contributed by atoms with van der Waals surface area (Å²) in [6.07, 6.45) is 22.2. The fraction of sp³-hybridized carbons (Fsp3) is 0.957. The molecule has 0 aromatic rings. The lowest BCUT2D eigenvalue weighted by Crippen LogP contribution is -2.18. The zero-order chi connectivity index (χ0) is 20.1. The number of aliphatic hydroxyl groups is 1. The van der Waals surface area contributed by atoms with Gasteiger partial charge in [0, 0.05) is 6.61 Å². The molecule has 0 aliphatic carbocycles. The van der Waals surface area contributed by atoms with Crippen molar-refractivity contribution in [1.82, 2.24) is 0 Å². The fourth-order valence-corrected chi connectivity index (χ4v) is 2.66. The van der Waals surface area contributed by atoms with Crippen LogP contribution in [0.15, 0.2) is 0 Å². The maximum atomic E-state index is 10.0. The number of hydrogen-bond donors (Lipinski definition) is 2. The number of carbonyl (C=O) groups is 1. The minimum atomic E-state index is -0.757. The second-order valence-electron chi connectivity index (χ2n) is 8.58. The SMILES string of the molecule is CC(C)(C)C(=O)O.CCCCCCCCCCCCCCCCCCO. The molecule has 0 saturated heterocycles. The summed E-state index contributed by atoms with van der Waals surface area (Å²) in [5.41, 5.74) is -0.583. The molecule has 0 rings (SSSR count). The van der Waals surface area contributed by atoms with E-state index < -0.39 is 11.4 Å². The highest BCUT2D eigenvalue weighted by Crippen LogP contribution is 2.13. The zero-order valence-corrected chi connectivity index (χ0v) is 18.3. The number of hydrogen-bond acceptors (Lipinski definition) is 2. The molecule has 0 amide bonds. The molecule has 0 fully saturated rings. The number of unbranched alkanes of at least 4 members (excludes halogenated alkanes) is 15. The van der Waals surface area contributed by atoms with E-state index in [1.54, 1.807) is 20.8 Å². The Kier molecular flexibility index (Phi) is 22.1. The van der Waals surface area contributed by atoms with Gasteiger partial charge >= 0.3 is 5.97 Å². The second-order valence-corrected chi connectivity index (χ2v) is 8.58. The number of aliphatic hydroxyl groups excluding tert-OH is 1. The van der Waals surface area contributed by atoms with Gasteiger partial charge in [0.1, 0.15) is 0 Å². The van der Waals surface area contributed by atoms with Crippen LogP contribution in [0, 0.1) is 5.41 Å². The van der Waals surface area contributed by atoms with Crippen LogP contribution in [0.25, 0.3) is 0 Å². The first kappa shape index (κ1) is 27.6. The quantitative estimate of drug-likeness (QED) is 0.278. The molecular formula is C23H48O3. The van der Waals surface area contributed by atoms with Crippen LogP contribution in [0.3, 0.4) is 0 Å². The summed E-state index contributed by atoms with van der Waals surface area (Å²) in [4.78, 5) is 10.0. The van der Waals surface area contributed by atoms with Crippen molar-refractivity contribution in [2.45, 2.75) is 130 Å². The summed E-state index contributed by atoms with van der Waals surface area (Å²) >= 11 is 0. The van der Waals surface area contributed by atoms with E-state index >= 15 is 0 Å². The Hall–Kier alpha value is -0.570. The molecule has 158 valence electrons. The van der Waals surface area contributed by atoms with Gasteiger partial charge in [0.05, 0.1) is 5.41 Å². The van der Waals surface area contributed by atoms with E-state index in [-0.39, 0.29) is 0 Å². The topological polar surface area (TPSA) is 57.5 Å². The van der Waals surface area contributed by atoms with Gasteiger partial charge < -0.3 is 10.2 Å². The van der Waals surface area contributed by atoms with Crippen LogP contribution in [-0.4, -0.2) is 22.8 Å². The molecule has 0 aromatic carbocycles. The van der Waals surface area contributed by atoms with Gasteiger partial charge in [-0.1, -0.05) is 103 Å². The normalized spacial score (nSPS) is 11.1. The molecule has 0 unspecified atom stereocenters. The van der Waals surface area contributed by atoms with Gasteiger partial charge in [-0.15, -0.1) is 0 Å². The van der Waals surface area contributed by atoms with E-state index in [4.69, 9.17) is 10.2 Å². The zero-order valence-electron chi connectivity index (χ0n) is 18.3. The number of carboxylic acids is 1. The Bertz CT molecular complexity index is 266. The maximum absolute atomic E-state index is 10.0. The molecule has 0 radical (unpaired) electrons. The van der Waals surface area contributed by atoms with Gasteiger partial charge in [0.2, 0.25) is 0 Å². The standard InChI is InChI=1S/C18H38O.C5H10O2/c1-2-3-4-5-6-7-8-9-10-11-12-13-14-15-16-17-18-19;1-5(2,3)4(6)7/h19H,2-18H2,1H3;1-3H3,(H,6,7). The Morgan fingerprint density at radius 1 is 0.615 bits per heavy atom. The third-order valence-corrected chi connectivity index (χ3v) is 4.65. The molecule has 0 aliphatic rings. The smallest absolute Gasteiger partial charge is 0.308 e. The van der Waals surface area contributed by atoms with Crippen LogP contribution in [0.2, 0.25) is 0 Å². The van der Waals surface area contributed by atoms with Gasteiger partial charge in [0.25, 0.3) is 0 Å². The van der Waals surface area contributed by atoms with Crippen molar-refractivity contribution >= 4 is 5.97 Å². The van der Waals surface area contributed by atoms with Crippen LogP contribution in [0.4, 0.5) is 0 Å². The molecule has 0 atom stereocenters. The highest BCUT2D eigenvalue weighted by Gasteiger charge is 2.18. The summed E-state index contributed by atoms with van der Waals surface area (Å²) in [5, 5.41) is 16.9. The van der Waals surface area contributed by atoms with Crippen LogP contribution in [-0.2, 0) is 4.79 Å². The maximum Gasteiger partial charge on any atom is 0.308 e. The van der Waals surface area contributed by atoms with Gasteiger partial charge in [0.15, 0.2) is 0 Å². The highest BCUT2D eigenvalue weighted by atomic mass is 16.4. The number of carboxylic acid groups (broad SMARTS) is 1. The van der Waals surface area contributed by atoms with Crippen molar-refractivity contribution in [3.63, 3.8) is 0 Å². The third kappa shape index (κ3) is 25.7. The molecule has 3 heteroatoms. The molecule has 0 aliphatic heterocycles. The van der Waals surface area contributed by atoms with E-state index in [0.717, 1.165) is 6.42 Å². The molecule has 2 N–H and O–H groups in total. The second kappa shape index (κ2) is 20.7. The summed E-state index contributed by atoms with van der Waals surface area (Å²) < 4.78 is 0. The monoisotopic (exact) mass is 372 g/mol. The van der Waals surface area contributed by atoms with Crippen molar-refractivity contribution in [2.75, 3.05) is 6.61 Å². The Balaban J connectivity index is 0. The molecule has 0 aromatic heterocycles. The third-order valence-electron chi connectivity index (χ3n) is 4.65. The van der Waals surface area contributed by atoms with E-state index in [9.17, 15) is 4.79 Å². The predicted molar refractivity (Wildman–Crippen MR) is 114 cm³/mol. The molecule has 0 saturated carbocycles. The van der Waals surface area contributed by atoms with E-state index in [0.29, 0.717) is 6.61 Å². The molecule has 0 bridgehead atoms. The first-order chi connectivity index (χ1) is 12.4. The summed E-state index contributed by atoms with van der Waals surface area (Å²) in [5.74, 6) is -0.757. The number of aliphatic carboxylic acids is 1. The van der Waals surface area contributed by atoms with E-state index in [1.807, 2.05) is 0 Å². The largest absolute Gasteiger partial charge is 0.481 e. The van der Waals surface area contributed by atoms with Crippen LogP contribution >= 0.6 is 0 Å². The average molecular weight is 373 g/mol. The van der Waals surface area contributed by atoms with E-state index in [1.165, 1.54) is 96.3 Å².